The normalized spacial score (nSPS) is 10.2. The summed E-state index contributed by atoms with van der Waals surface area (Å²) in [6.45, 7) is 5.08. The first kappa shape index (κ1) is 16.0. The minimum Gasteiger partial charge on any atom is -0.449 e. The average molecular weight is 278 g/mol. The fraction of sp³-hybridized carbons (Fsp3) is 0.467. The van der Waals surface area contributed by atoms with Crippen LogP contribution in [-0.4, -0.2) is 31.7 Å². The summed E-state index contributed by atoms with van der Waals surface area (Å²) >= 11 is 0. The standard InChI is InChI=1S/C15H22N2O3/c1-12(2)11-20-15(19)17-9-8-16-14(18)10-13-6-4-3-5-7-13/h3-7,12H,8-11H2,1-2H3,(H,16,18)(H,17,19). The Kier molecular flexibility index (Phi) is 7.17. The fourth-order valence-corrected chi connectivity index (χ4v) is 1.50. The fourth-order valence-electron chi connectivity index (χ4n) is 1.50. The highest BCUT2D eigenvalue weighted by Crippen LogP contribution is 1.98. The van der Waals surface area contributed by atoms with Crippen LogP contribution in [0.5, 0.6) is 0 Å². The van der Waals surface area contributed by atoms with Crippen molar-refractivity contribution in [1.82, 2.24) is 10.6 Å². The summed E-state index contributed by atoms with van der Waals surface area (Å²) < 4.78 is 4.94. The summed E-state index contributed by atoms with van der Waals surface area (Å²) in [5.41, 5.74) is 0.967. The van der Waals surface area contributed by atoms with Crippen molar-refractivity contribution in [3.63, 3.8) is 0 Å². The quantitative estimate of drug-likeness (QED) is 0.746. The topological polar surface area (TPSA) is 67.4 Å². The first-order valence-electron chi connectivity index (χ1n) is 6.79. The van der Waals surface area contributed by atoms with E-state index in [0.717, 1.165) is 5.56 Å². The molecule has 1 aromatic carbocycles. The van der Waals surface area contributed by atoms with E-state index in [1.54, 1.807) is 0 Å². The number of carbonyl (C=O) groups excluding carboxylic acids is 2. The number of hydrogen-bond donors (Lipinski definition) is 2. The Balaban J connectivity index is 2.09. The molecule has 0 aliphatic carbocycles. The van der Waals surface area contributed by atoms with Gasteiger partial charge in [0.15, 0.2) is 0 Å². The van der Waals surface area contributed by atoms with Gasteiger partial charge in [-0.15, -0.1) is 0 Å². The Morgan fingerprint density at radius 1 is 1.10 bits per heavy atom. The number of alkyl carbamates (subject to hydrolysis) is 1. The molecule has 1 rings (SSSR count). The predicted octanol–water partition coefficient (Wildman–Crippen LogP) is 1.73. The second kappa shape index (κ2) is 8.96. The van der Waals surface area contributed by atoms with E-state index < -0.39 is 6.09 Å². The van der Waals surface area contributed by atoms with Gasteiger partial charge < -0.3 is 15.4 Å². The molecule has 0 saturated heterocycles. The number of rotatable bonds is 7. The van der Waals surface area contributed by atoms with Gasteiger partial charge in [-0.1, -0.05) is 44.2 Å². The predicted molar refractivity (Wildman–Crippen MR) is 77.3 cm³/mol. The van der Waals surface area contributed by atoms with Crippen LogP contribution in [0.25, 0.3) is 0 Å². The lowest BCUT2D eigenvalue weighted by atomic mass is 10.1. The van der Waals surface area contributed by atoms with Crippen molar-refractivity contribution in [2.24, 2.45) is 5.92 Å². The molecule has 0 aliphatic rings. The Morgan fingerprint density at radius 3 is 2.40 bits per heavy atom. The van der Waals surface area contributed by atoms with Crippen molar-refractivity contribution >= 4 is 12.0 Å². The first-order valence-corrected chi connectivity index (χ1v) is 6.79. The van der Waals surface area contributed by atoms with E-state index in [0.29, 0.717) is 32.0 Å². The molecule has 0 atom stereocenters. The van der Waals surface area contributed by atoms with Crippen LogP contribution in [0.15, 0.2) is 30.3 Å². The van der Waals surface area contributed by atoms with Gasteiger partial charge in [-0.05, 0) is 11.5 Å². The number of hydrogen-bond acceptors (Lipinski definition) is 3. The van der Waals surface area contributed by atoms with Crippen molar-refractivity contribution in [3.05, 3.63) is 35.9 Å². The van der Waals surface area contributed by atoms with Crippen molar-refractivity contribution in [1.29, 1.82) is 0 Å². The molecule has 0 bridgehead atoms. The molecular weight excluding hydrogens is 256 g/mol. The molecule has 0 spiro atoms. The van der Waals surface area contributed by atoms with Gasteiger partial charge in [0.25, 0.3) is 0 Å². The maximum Gasteiger partial charge on any atom is 0.407 e. The lowest BCUT2D eigenvalue weighted by Crippen LogP contribution is -2.35. The second-order valence-corrected chi connectivity index (χ2v) is 4.93. The van der Waals surface area contributed by atoms with E-state index in [2.05, 4.69) is 10.6 Å². The molecule has 0 saturated carbocycles. The summed E-state index contributed by atoms with van der Waals surface area (Å²) in [6, 6.07) is 9.51. The zero-order valence-electron chi connectivity index (χ0n) is 12.0. The van der Waals surface area contributed by atoms with E-state index in [-0.39, 0.29) is 5.91 Å². The van der Waals surface area contributed by atoms with Gasteiger partial charge in [-0.2, -0.15) is 0 Å². The monoisotopic (exact) mass is 278 g/mol. The molecule has 0 fully saturated rings. The third-order valence-corrected chi connectivity index (χ3v) is 2.47. The molecule has 0 aromatic heterocycles. The highest BCUT2D eigenvalue weighted by molar-refractivity contribution is 5.78. The van der Waals surface area contributed by atoms with Gasteiger partial charge in [0, 0.05) is 13.1 Å². The van der Waals surface area contributed by atoms with Crippen LogP contribution in [-0.2, 0) is 16.0 Å². The van der Waals surface area contributed by atoms with E-state index in [9.17, 15) is 9.59 Å². The van der Waals surface area contributed by atoms with E-state index in [1.807, 2.05) is 44.2 Å². The maximum atomic E-state index is 11.6. The lowest BCUT2D eigenvalue weighted by Gasteiger charge is -2.09. The van der Waals surface area contributed by atoms with Crippen LogP contribution >= 0.6 is 0 Å². The number of benzene rings is 1. The van der Waals surface area contributed by atoms with Crippen LogP contribution in [0.1, 0.15) is 19.4 Å². The van der Waals surface area contributed by atoms with Crippen LogP contribution < -0.4 is 10.6 Å². The lowest BCUT2D eigenvalue weighted by molar-refractivity contribution is -0.120. The number of amides is 2. The minimum absolute atomic E-state index is 0.0615. The molecule has 2 N–H and O–H groups in total. The van der Waals surface area contributed by atoms with Crippen molar-refractivity contribution in [2.75, 3.05) is 19.7 Å². The number of ether oxygens (including phenoxy) is 1. The number of carbonyl (C=O) groups is 2. The first-order chi connectivity index (χ1) is 9.58. The Labute approximate surface area is 119 Å². The van der Waals surface area contributed by atoms with Crippen molar-refractivity contribution in [3.8, 4) is 0 Å². The molecule has 110 valence electrons. The van der Waals surface area contributed by atoms with Gasteiger partial charge in [0.1, 0.15) is 0 Å². The van der Waals surface area contributed by atoms with Gasteiger partial charge >= 0.3 is 6.09 Å². The summed E-state index contributed by atoms with van der Waals surface area (Å²) in [7, 11) is 0. The smallest absolute Gasteiger partial charge is 0.407 e. The van der Waals surface area contributed by atoms with E-state index >= 15 is 0 Å². The SMILES string of the molecule is CC(C)COC(=O)NCCNC(=O)Cc1ccccc1. The molecule has 0 unspecified atom stereocenters. The van der Waals surface area contributed by atoms with Crippen molar-refractivity contribution in [2.45, 2.75) is 20.3 Å². The zero-order valence-corrected chi connectivity index (χ0v) is 12.0. The molecule has 20 heavy (non-hydrogen) atoms. The molecule has 5 nitrogen and oxygen atoms in total. The molecular formula is C15H22N2O3. The summed E-state index contributed by atoms with van der Waals surface area (Å²) in [5, 5.41) is 5.32. The summed E-state index contributed by atoms with van der Waals surface area (Å²) in [6.07, 6.45) is -0.102. The minimum atomic E-state index is -0.448. The van der Waals surface area contributed by atoms with E-state index in [4.69, 9.17) is 4.74 Å². The van der Waals surface area contributed by atoms with Crippen LogP contribution in [0.2, 0.25) is 0 Å². The molecule has 1 aromatic rings. The molecule has 0 heterocycles. The average Bonchev–Trinajstić information content (AvgIpc) is 2.42. The van der Waals surface area contributed by atoms with Gasteiger partial charge in [0.05, 0.1) is 13.0 Å². The Bertz CT molecular complexity index is 418. The van der Waals surface area contributed by atoms with Gasteiger partial charge in [-0.25, -0.2) is 4.79 Å². The highest BCUT2D eigenvalue weighted by atomic mass is 16.5. The zero-order chi connectivity index (χ0) is 14.8. The summed E-state index contributed by atoms with van der Waals surface area (Å²) in [5.74, 6) is 0.250. The molecule has 0 radical (unpaired) electrons. The third-order valence-electron chi connectivity index (χ3n) is 2.47. The number of nitrogens with one attached hydrogen (secondary N) is 2. The van der Waals surface area contributed by atoms with Crippen molar-refractivity contribution < 1.29 is 14.3 Å². The molecule has 0 aliphatic heterocycles. The summed E-state index contributed by atoms with van der Waals surface area (Å²) in [4.78, 5) is 22.9. The third kappa shape index (κ3) is 7.41. The second-order valence-electron chi connectivity index (χ2n) is 4.93. The molecule has 5 heteroatoms. The highest BCUT2D eigenvalue weighted by Gasteiger charge is 2.04. The van der Waals surface area contributed by atoms with Crippen LogP contribution in [0.4, 0.5) is 4.79 Å². The van der Waals surface area contributed by atoms with Crippen LogP contribution in [0, 0.1) is 5.92 Å². The Morgan fingerprint density at radius 2 is 1.75 bits per heavy atom. The van der Waals surface area contributed by atoms with Gasteiger partial charge in [0.2, 0.25) is 5.91 Å². The largest absolute Gasteiger partial charge is 0.449 e. The van der Waals surface area contributed by atoms with Gasteiger partial charge in [-0.3, -0.25) is 4.79 Å². The van der Waals surface area contributed by atoms with Crippen LogP contribution in [0.3, 0.4) is 0 Å². The maximum absolute atomic E-state index is 11.6. The Hall–Kier alpha value is -2.04. The molecule has 2 amide bonds. The van der Waals surface area contributed by atoms with E-state index in [1.165, 1.54) is 0 Å².